The molecule has 0 spiro atoms. The van der Waals surface area contributed by atoms with Gasteiger partial charge < -0.3 is 14.6 Å². The lowest BCUT2D eigenvalue weighted by Gasteiger charge is -2.51. The number of benzene rings is 2. The summed E-state index contributed by atoms with van der Waals surface area (Å²) in [6.07, 6.45) is -6.11. The topological polar surface area (TPSA) is 59.0 Å². The molecule has 0 aromatic heterocycles. The molecule has 240 valence electrons. The average molecular weight is 626 g/mol. The largest absolute Gasteiger partial charge is 0.490 e. The second-order valence-corrected chi connectivity index (χ2v) is 13.1. The van der Waals surface area contributed by atoms with Gasteiger partial charge in [-0.3, -0.25) is 9.69 Å². The first-order valence-electron chi connectivity index (χ1n) is 15.3. The van der Waals surface area contributed by atoms with Crippen LogP contribution in [0.15, 0.2) is 36.4 Å². The van der Waals surface area contributed by atoms with Crippen LogP contribution >= 0.6 is 0 Å². The number of halogens is 6. The molecule has 0 radical (unpaired) electrons. The lowest BCUT2D eigenvalue weighted by molar-refractivity contribution is -0.143. The molecule has 2 aromatic carbocycles. The Morgan fingerprint density at radius 3 is 2.20 bits per heavy atom. The summed E-state index contributed by atoms with van der Waals surface area (Å²) in [6, 6.07) is 6.85. The van der Waals surface area contributed by atoms with Gasteiger partial charge in [0.25, 0.3) is 0 Å². The molecule has 2 bridgehead atoms. The maximum Gasteiger partial charge on any atom is 0.416 e. The predicted octanol–water partition coefficient (Wildman–Crippen LogP) is 7.59. The average Bonchev–Trinajstić information content (AvgIpc) is 3.79. The highest BCUT2D eigenvalue weighted by Crippen LogP contribution is 2.49. The maximum absolute atomic E-state index is 13.9. The molecule has 4 aliphatic rings. The molecule has 11 heteroatoms. The van der Waals surface area contributed by atoms with E-state index in [-0.39, 0.29) is 35.3 Å². The van der Waals surface area contributed by atoms with Gasteiger partial charge in [0.2, 0.25) is 0 Å². The minimum absolute atomic E-state index is 0.0638. The summed E-state index contributed by atoms with van der Waals surface area (Å²) in [4.78, 5) is 13.7. The number of carboxylic acids is 1. The molecule has 6 atom stereocenters. The van der Waals surface area contributed by atoms with Gasteiger partial charge in [0.1, 0.15) is 11.9 Å². The van der Waals surface area contributed by atoms with Gasteiger partial charge >= 0.3 is 18.3 Å². The van der Waals surface area contributed by atoms with E-state index < -0.39 is 41.4 Å². The third-order valence-corrected chi connectivity index (χ3v) is 10.3. The summed E-state index contributed by atoms with van der Waals surface area (Å²) < 4.78 is 94.7. The van der Waals surface area contributed by atoms with Crippen LogP contribution in [0.1, 0.15) is 72.9 Å². The van der Waals surface area contributed by atoms with Crippen LogP contribution in [0.2, 0.25) is 0 Å². The highest BCUT2D eigenvalue weighted by molar-refractivity contribution is 5.71. The monoisotopic (exact) mass is 625 g/mol. The number of alkyl halides is 6. The van der Waals surface area contributed by atoms with Crippen LogP contribution in [-0.4, -0.2) is 48.4 Å². The molecule has 2 saturated heterocycles. The number of carboxylic acid groups (broad SMARTS) is 1. The van der Waals surface area contributed by atoms with E-state index in [4.69, 9.17) is 9.47 Å². The maximum atomic E-state index is 13.9. The number of fused-ring (bicyclic) bond motifs is 3. The fourth-order valence-electron chi connectivity index (χ4n) is 7.93. The van der Waals surface area contributed by atoms with Crippen molar-refractivity contribution in [2.45, 2.75) is 69.9 Å². The van der Waals surface area contributed by atoms with Crippen molar-refractivity contribution in [1.29, 1.82) is 0 Å². The van der Waals surface area contributed by atoms with Gasteiger partial charge in [-0.2, -0.15) is 26.3 Å². The van der Waals surface area contributed by atoms with Crippen LogP contribution in [0.5, 0.6) is 5.75 Å². The minimum atomic E-state index is -4.78. The Balaban J connectivity index is 1.22. The molecule has 3 aliphatic heterocycles. The molecule has 3 heterocycles. The van der Waals surface area contributed by atoms with Gasteiger partial charge in [-0.1, -0.05) is 19.1 Å². The first-order chi connectivity index (χ1) is 20.7. The van der Waals surface area contributed by atoms with Gasteiger partial charge in [0, 0.05) is 36.9 Å². The zero-order chi connectivity index (χ0) is 31.6. The summed E-state index contributed by atoms with van der Waals surface area (Å²) in [5.41, 5.74) is -0.483. The van der Waals surface area contributed by atoms with Crippen LogP contribution in [0.3, 0.4) is 0 Å². The summed E-state index contributed by atoms with van der Waals surface area (Å²) in [5, 5.41) is 9.72. The van der Waals surface area contributed by atoms with E-state index >= 15 is 0 Å². The molecule has 3 fully saturated rings. The molecular formula is C33H37F6NO4. The molecule has 44 heavy (non-hydrogen) atoms. The van der Waals surface area contributed by atoms with Crippen LogP contribution < -0.4 is 4.74 Å². The van der Waals surface area contributed by atoms with E-state index in [1.807, 2.05) is 23.1 Å². The Morgan fingerprint density at radius 1 is 0.932 bits per heavy atom. The molecule has 6 rings (SSSR count). The molecular weight excluding hydrogens is 588 g/mol. The number of hydrogen-bond donors (Lipinski definition) is 1. The van der Waals surface area contributed by atoms with E-state index in [9.17, 15) is 36.2 Å². The number of hydrogen-bond acceptors (Lipinski definition) is 4. The first-order valence-corrected chi connectivity index (χ1v) is 15.3. The normalized spacial score (nSPS) is 28.0. The van der Waals surface area contributed by atoms with Gasteiger partial charge in [-0.25, -0.2) is 0 Å². The standard InChI is InChI=1S/C33H37F6NO4/c1-17(31(41)42)29(20-4-5-20)21-6-3-19-7-10-27(44-28(19)11-21)30-22-13-40(14-23(30)16-43-15-22)18(2)25-12-24(32(34,35)36)8-9-26(25)33(37,38)39/h3,6,8-9,11-12,17-18,20,22-23,27,29-30H,4-5,7,10,13-16H2,1-2H3,(H,41,42)/t17-,18+,22?,23?,27?,29-,30?/m0/s1. The van der Waals surface area contributed by atoms with Gasteiger partial charge in [0.15, 0.2) is 0 Å². The Morgan fingerprint density at radius 2 is 1.61 bits per heavy atom. The number of likely N-dealkylation sites (tertiary alicyclic amines) is 1. The van der Waals surface area contributed by atoms with E-state index in [1.165, 1.54) is 0 Å². The lowest BCUT2D eigenvalue weighted by Crippen LogP contribution is -2.57. The van der Waals surface area contributed by atoms with Gasteiger partial charge in [0.05, 0.1) is 30.3 Å². The fraction of sp³-hybridized carbons (Fsp3) is 0.606. The van der Waals surface area contributed by atoms with Crippen LogP contribution in [-0.2, 0) is 28.3 Å². The highest BCUT2D eigenvalue weighted by Gasteiger charge is 2.48. The molecule has 1 saturated carbocycles. The zero-order valence-corrected chi connectivity index (χ0v) is 24.6. The predicted molar refractivity (Wildman–Crippen MR) is 149 cm³/mol. The van der Waals surface area contributed by atoms with Crippen molar-refractivity contribution in [2.75, 3.05) is 26.3 Å². The molecule has 1 aliphatic carbocycles. The van der Waals surface area contributed by atoms with Crippen LogP contribution in [0.25, 0.3) is 0 Å². The third-order valence-electron chi connectivity index (χ3n) is 10.3. The van der Waals surface area contributed by atoms with Crippen LogP contribution in [0, 0.1) is 29.6 Å². The Hall–Kier alpha value is -2.79. The van der Waals surface area contributed by atoms with Crippen LogP contribution in [0.4, 0.5) is 26.3 Å². The molecule has 1 N–H and O–H groups in total. The second-order valence-electron chi connectivity index (χ2n) is 13.1. The number of aliphatic carboxylic acids is 1. The van der Waals surface area contributed by atoms with E-state index in [0.717, 1.165) is 42.6 Å². The van der Waals surface area contributed by atoms with E-state index in [2.05, 4.69) is 0 Å². The van der Waals surface area contributed by atoms with Gasteiger partial charge in [-0.05, 0) is 85.4 Å². The lowest BCUT2D eigenvalue weighted by atomic mass is 9.71. The molecule has 3 unspecified atom stereocenters. The van der Waals surface area contributed by atoms with Crippen molar-refractivity contribution in [2.24, 2.45) is 29.6 Å². The van der Waals surface area contributed by atoms with Crippen molar-refractivity contribution >= 4 is 5.97 Å². The summed E-state index contributed by atoms with van der Waals surface area (Å²) in [6.45, 7) is 4.84. The van der Waals surface area contributed by atoms with E-state index in [1.54, 1.807) is 13.8 Å². The summed E-state index contributed by atoms with van der Waals surface area (Å²) >= 11 is 0. The number of rotatable bonds is 7. The van der Waals surface area contributed by atoms with Crippen molar-refractivity contribution in [3.05, 3.63) is 64.2 Å². The number of nitrogens with zero attached hydrogens (tertiary/aromatic N) is 1. The van der Waals surface area contributed by atoms with Crippen molar-refractivity contribution in [3.63, 3.8) is 0 Å². The quantitative estimate of drug-likeness (QED) is 0.322. The molecule has 5 nitrogen and oxygen atoms in total. The number of piperidine rings is 1. The second kappa shape index (κ2) is 11.5. The zero-order valence-electron chi connectivity index (χ0n) is 24.6. The Labute approximate surface area is 252 Å². The van der Waals surface area contributed by atoms with Gasteiger partial charge in [-0.15, -0.1) is 0 Å². The SMILES string of the molecule is C[C@H](C(=O)O)[C@H](c1ccc2c(c1)OC(C1C3COCC1CN([C@H](C)c1cc(C(F)(F)F)ccc1C(F)(F)F)C3)CC2)C1CC1. The van der Waals surface area contributed by atoms with E-state index in [0.29, 0.717) is 50.4 Å². The number of carbonyl (C=O) groups is 1. The smallest absolute Gasteiger partial charge is 0.416 e. The summed E-state index contributed by atoms with van der Waals surface area (Å²) in [5.74, 6) is -0.373. The van der Waals surface area contributed by atoms with Crippen molar-refractivity contribution in [3.8, 4) is 5.75 Å². The van der Waals surface area contributed by atoms with Crippen molar-refractivity contribution in [1.82, 2.24) is 4.90 Å². The Kier molecular flexibility index (Phi) is 8.18. The number of ether oxygens (including phenoxy) is 2. The molecule has 0 amide bonds. The Bertz CT molecular complexity index is 1380. The van der Waals surface area contributed by atoms with Crippen molar-refractivity contribution < 1.29 is 45.7 Å². The third kappa shape index (κ3) is 6.06. The summed E-state index contributed by atoms with van der Waals surface area (Å²) in [7, 11) is 0. The number of aryl methyl sites for hydroxylation is 1. The fourth-order valence-corrected chi connectivity index (χ4v) is 7.93. The highest BCUT2D eigenvalue weighted by atomic mass is 19.4. The first kappa shape index (κ1) is 31.2. The minimum Gasteiger partial charge on any atom is -0.490 e. The molecule has 2 aromatic rings.